The maximum absolute atomic E-state index is 13.3. The summed E-state index contributed by atoms with van der Waals surface area (Å²) in [6, 6.07) is 12.5. The molecule has 1 fully saturated rings. The summed E-state index contributed by atoms with van der Waals surface area (Å²) >= 11 is 7.86. The van der Waals surface area contributed by atoms with Crippen molar-refractivity contribution in [2.45, 2.75) is 41.5 Å². The standard InChI is InChI=1S/C23H21ClN4OS/c1-27-10-9-25-23(27)30-21-20(24)13-17(14-26-21)22(29)28-18-7-8-19(28)12-16(11-18)15-5-3-2-4-6-15/h2-6,9-11,13-14,18-19H,7-8,12H2,1H3. The second kappa shape index (κ2) is 7.93. The Morgan fingerprint density at radius 2 is 2.03 bits per heavy atom. The molecule has 0 N–H and O–H groups in total. The third kappa shape index (κ3) is 3.55. The third-order valence-electron chi connectivity index (χ3n) is 5.79. The molecule has 7 heteroatoms. The zero-order valence-electron chi connectivity index (χ0n) is 16.5. The van der Waals surface area contributed by atoms with Gasteiger partial charge in [-0.05, 0) is 48.2 Å². The van der Waals surface area contributed by atoms with Crippen molar-refractivity contribution in [3.05, 3.63) is 77.2 Å². The zero-order chi connectivity index (χ0) is 20.7. The molecule has 2 atom stereocenters. The Kier molecular flexibility index (Phi) is 5.13. The van der Waals surface area contributed by atoms with Gasteiger partial charge in [-0.2, -0.15) is 0 Å². The average Bonchev–Trinajstić information content (AvgIpc) is 3.28. The molecule has 5 rings (SSSR count). The Hall–Kier alpha value is -2.57. The van der Waals surface area contributed by atoms with E-state index in [1.165, 1.54) is 22.9 Å². The van der Waals surface area contributed by atoms with E-state index in [2.05, 4.69) is 40.3 Å². The van der Waals surface area contributed by atoms with Gasteiger partial charge in [-0.3, -0.25) is 4.79 Å². The monoisotopic (exact) mass is 436 g/mol. The lowest BCUT2D eigenvalue weighted by molar-refractivity contribution is 0.0692. The predicted molar refractivity (Wildman–Crippen MR) is 119 cm³/mol. The van der Waals surface area contributed by atoms with Gasteiger partial charge < -0.3 is 9.47 Å². The number of rotatable bonds is 4. The van der Waals surface area contributed by atoms with E-state index in [-0.39, 0.29) is 18.0 Å². The van der Waals surface area contributed by atoms with Crippen LogP contribution in [0, 0.1) is 0 Å². The number of amides is 1. The molecule has 3 aromatic rings. The fourth-order valence-corrected chi connectivity index (χ4v) is 5.35. The first-order valence-corrected chi connectivity index (χ1v) is 11.2. The normalized spacial score (nSPS) is 20.3. The Bertz CT molecular complexity index is 1130. The first kappa shape index (κ1) is 19.4. The molecule has 1 amide bonds. The smallest absolute Gasteiger partial charge is 0.256 e. The van der Waals surface area contributed by atoms with E-state index in [4.69, 9.17) is 11.6 Å². The second-order valence-electron chi connectivity index (χ2n) is 7.71. The number of carbonyl (C=O) groups excluding carboxylic acids is 1. The summed E-state index contributed by atoms with van der Waals surface area (Å²) in [4.78, 5) is 24.1. The summed E-state index contributed by atoms with van der Waals surface area (Å²) in [6.45, 7) is 0. The molecule has 0 saturated carbocycles. The van der Waals surface area contributed by atoms with Crippen molar-refractivity contribution >= 4 is 34.8 Å². The minimum Gasteiger partial charge on any atom is -0.329 e. The van der Waals surface area contributed by atoms with Crippen LogP contribution in [0.3, 0.4) is 0 Å². The number of aromatic nitrogens is 3. The quantitative estimate of drug-likeness (QED) is 0.572. The fraction of sp³-hybridized carbons (Fsp3) is 0.261. The van der Waals surface area contributed by atoms with E-state index in [1.807, 2.05) is 28.8 Å². The van der Waals surface area contributed by atoms with Crippen molar-refractivity contribution < 1.29 is 4.79 Å². The zero-order valence-corrected chi connectivity index (χ0v) is 18.1. The maximum atomic E-state index is 13.3. The van der Waals surface area contributed by atoms with Crippen molar-refractivity contribution in [1.82, 2.24) is 19.4 Å². The lowest BCUT2D eigenvalue weighted by atomic mass is 9.94. The van der Waals surface area contributed by atoms with Crippen LogP contribution in [0.15, 0.2) is 71.2 Å². The van der Waals surface area contributed by atoms with Gasteiger partial charge in [-0.15, -0.1) is 0 Å². The summed E-state index contributed by atoms with van der Waals surface area (Å²) in [5.74, 6) is 0.00815. The number of fused-ring (bicyclic) bond motifs is 2. The molecule has 2 aliphatic heterocycles. The molecule has 2 aliphatic rings. The lowest BCUT2D eigenvalue weighted by Gasteiger charge is -2.34. The molecule has 0 spiro atoms. The molecule has 5 nitrogen and oxygen atoms in total. The molecule has 4 heterocycles. The SMILES string of the molecule is Cn1ccnc1Sc1ncc(C(=O)N2C3C=C(c4ccccc4)CC2CC3)cc1Cl. The molecule has 2 unspecified atom stereocenters. The minimum absolute atomic E-state index is 0.00815. The van der Waals surface area contributed by atoms with Crippen molar-refractivity contribution in [2.24, 2.45) is 7.05 Å². The van der Waals surface area contributed by atoms with Crippen LogP contribution in [0.5, 0.6) is 0 Å². The summed E-state index contributed by atoms with van der Waals surface area (Å²) in [5, 5.41) is 1.92. The van der Waals surface area contributed by atoms with E-state index in [1.54, 1.807) is 18.5 Å². The van der Waals surface area contributed by atoms with Gasteiger partial charge in [0.25, 0.3) is 5.91 Å². The highest BCUT2D eigenvalue weighted by Crippen LogP contribution is 2.40. The fourth-order valence-electron chi connectivity index (χ4n) is 4.32. The molecule has 1 saturated heterocycles. The highest BCUT2D eigenvalue weighted by Gasteiger charge is 2.40. The number of aryl methyl sites for hydroxylation is 1. The van der Waals surface area contributed by atoms with Gasteiger partial charge in [0.1, 0.15) is 5.03 Å². The van der Waals surface area contributed by atoms with Crippen LogP contribution >= 0.6 is 23.4 Å². The molecule has 0 aliphatic carbocycles. The van der Waals surface area contributed by atoms with Gasteiger partial charge in [0, 0.05) is 31.7 Å². The maximum Gasteiger partial charge on any atom is 0.256 e. The number of nitrogens with zero attached hydrogens (tertiary/aromatic N) is 4. The summed E-state index contributed by atoms with van der Waals surface area (Å²) in [6.07, 6.45) is 10.4. The molecule has 2 bridgehead atoms. The first-order valence-electron chi connectivity index (χ1n) is 9.99. The molecule has 2 aromatic heterocycles. The van der Waals surface area contributed by atoms with E-state index in [0.717, 1.165) is 24.4 Å². The number of hydrogen-bond donors (Lipinski definition) is 0. The van der Waals surface area contributed by atoms with Crippen LogP contribution in [0.4, 0.5) is 0 Å². The second-order valence-corrected chi connectivity index (χ2v) is 9.07. The Morgan fingerprint density at radius 1 is 1.20 bits per heavy atom. The van der Waals surface area contributed by atoms with Gasteiger partial charge >= 0.3 is 0 Å². The number of hydrogen-bond acceptors (Lipinski definition) is 4. The van der Waals surface area contributed by atoms with Crippen LogP contribution in [0.1, 0.15) is 35.2 Å². The van der Waals surface area contributed by atoms with Gasteiger partial charge in [0.05, 0.1) is 16.6 Å². The van der Waals surface area contributed by atoms with Crippen molar-refractivity contribution in [3.8, 4) is 0 Å². The summed E-state index contributed by atoms with van der Waals surface area (Å²) in [7, 11) is 1.92. The van der Waals surface area contributed by atoms with E-state index in [0.29, 0.717) is 15.6 Å². The number of carbonyl (C=O) groups is 1. The van der Waals surface area contributed by atoms with E-state index in [9.17, 15) is 4.79 Å². The van der Waals surface area contributed by atoms with Crippen LogP contribution in [-0.2, 0) is 7.05 Å². The van der Waals surface area contributed by atoms with Gasteiger partial charge in [0.15, 0.2) is 5.16 Å². The highest BCUT2D eigenvalue weighted by molar-refractivity contribution is 7.99. The minimum atomic E-state index is 0.00815. The van der Waals surface area contributed by atoms with E-state index < -0.39 is 0 Å². The Morgan fingerprint density at radius 3 is 2.73 bits per heavy atom. The van der Waals surface area contributed by atoms with Crippen molar-refractivity contribution in [1.29, 1.82) is 0 Å². The number of benzene rings is 1. The lowest BCUT2D eigenvalue weighted by Crippen LogP contribution is -2.43. The molecular formula is C23H21ClN4OS. The molecular weight excluding hydrogens is 416 g/mol. The Balaban J connectivity index is 1.37. The number of pyridine rings is 1. The summed E-state index contributed by atoms with van der Waals surface area (Å²) < 4.78 is 1.91. The highest BCUT2D eigenvalue weighted by atomic mass is 35.5. The Labute approximate surface area is 184 Å². The van der Waals surface area contributed by atoms with Crippen molar-refractivity contribution in [3.63, 3.8) is 0 Å². The number of halogens is 1. The van der Waals surface area contributed by atoms with Gasteiger partial charge in [-0.25, -0.2) is 9.97 Å². The predicted octanol–water partition coefficient (Wildman–Crippen LogP) is 5.08. The largest absolute Gasteiger partial charge is 0.329 e. The van der Waals surface area contributed by atoms with Crippen LogP contribution in [0.25, 0.3) is 5.57 Å². The molecule has 1 aromatic carbocycles. The molecule has 0 radical (unpaired) electrons. The van der Waals surface area contributed by atoms with Gasteiger partial charge in [-0.1, -0.05) is 48.0 Å². The van der Waals surface area contributed by atoms with Crippen LogP contribution < -0.4 is 0 Å². The average molecular weight is 437 g/mol. The topological polar surface area (TPSA) is 51.0 Å². The van der Waals surface area contributed by atoms with Crippen LogP contribution in [-0.4, -0.2) is 37.4 Å². The molecule has 152 valence electrons. The van der Waals surface area contributed by atoms with E-state index >= 15 is 0 Å². The van der Waals surface area contributed by atoms with Gasteiger partial charge in [0.2, 0.25) is 0 Å². The van der Waals surface area contributed by atoms with Crippen molar-refractivity contribution in [2.75, 3.05) is 0 Å². The number of imidazole rings is 1. The third-order valence-corrected chi connectivity index (χ3v) is 7.29. The van der Waals surface area contributed by atoms with Crippen LogP contribution in [0.2, 0.25) is 5.02 Å². The first-order chi connectivity index (χ1) is 14.6. The summed E-state index contributed by atoms with van der Waals surface area (Å²) in [5.41, 5.74) is 3.13. The molecule has 30 heavy (non-hydrogen) atoms.